The fraction of sp³-hybridized carbons (Fsp3) is 0.857. The van der Waals surface area contributed by atoms with Crippen molar-refractivity contribution in [2.24, 2.45) is 5.92 Å². The summed E-state index contributed by atoms with van der Waals surface area (Å²) >= 11 is 0. The summed E-state index contributed by atoms with van der Waals surface area (Å²) in [6.07, 6.45) is 1.45. The van der Waals surface area contributed by atoms with Crippen LogP contribution in [0.2, 0.25) is 0 Å². The minimum atomic E-state index is -0.777. The number of hydrogen-bond acceptors (Lipinski definition) is 4. The van der Waals surface area contributed by atoms with Crippen LogP contribution in [0.1, 0.15) is 33.6 Å². The molecule has 2 heterocycles. The highest BCUT2D eigenvalue weighted by molar-refractivity contribution is 5.75. The van der Waals surface area contributed by atoms with E-state index in [0.29, 0.717) is 13.1 Å². The lowest BCUT2D eigenvalue weighted by Crippen LogP contribution is -2.53. The van der Waals surface area contributed by atoms with Gasteiger partial charge in [-0.25, -0.2) is 4.79 Å². The first kappa shape index (κ1) is 15.1. The molecule has 6 nitrogen and oxygen atoms in total. The Kier molecular flexibility index (Phi) is 4.22. The minimum Gasteiger partial charge on any atom is -0.480 e. The Hall–Kier alpha value is -1.30. The van der Waals surface area contributed by atoms with Crippen LogP contribution < -0.4 is 0 Å². The van der Waals surface area contributed by atoms with Crippen molar-refractivity contribution in [2.75, 3.05) is 26.2 Å². The molecule has 1 N–H and O–H groups in total. The van der Waals surface area contributed by atoms with Crippen molar-refractivity contribution in [3.63, 3.8) is 0 Å². The fourth-order valence-electron chi connectivity index (χ4n) is 2.81. The van der Waals surface area contributed by atoms with E-state index < -0.39 is 17.6 Å². The first-order valence-electron chi connectivity index (χ1n) is 7.23. The molecule has 6 heteroatoms. The molecule has 0 aromatic heterocycles. The van der Waals surface area contributed by atoms with Crippen molar-refractivity contribution in [1.82, 2.24) is 9.80 Å². The number of carboxylic acids is 1. The summed E-state index contributed by atoms with van der Waals surface area (Å²) in [6, 6.07) is -0.462. The summed E-state index contributed by atoms with van der Waals surface area (Å²) in [5, 5.41) is 9.40. The number of nitrogens with zero attached hydrogens (tertiary/aromatic N) is 2. The number of likely N-dealkylation sites (tertiary alicyclic amines) is 2. The van der Waals surface area contributed by atoms with E-state index in [1.165, 1.54) is 0 Å². The molecule has 2 rings (SSSR count). The summed E-state index contributed by atoms with van der Waals surface area (Å²) in [5.41, 5.74) is -0.515. The molecule has 0 aromatic carbocycles. The van der Waals surface area contributed by atoms with Crippen LogP contribution in [-0.2, 0) is 9.53 Å². The Balaban J connectivity index is 1.93. The van der Waals surface area contributed by atoms with Gasteiger partial charge in [0, 0.05) is 32.1 Å². The van der Waals surface area contributed by atoms with Crippen LogP contribution in [0.3, 0.4) is 0 Å². The van der Waals surface area contributed by atoms with Gasteiger partial charge in [0.05, 0.1) is 0 Å². The van der Waals surface area contributed by atoms with E-state index in [9.17, 15) is 14.7 Å². The molecule has 0 bridgehead atoms. The Morgan fingerprint density at radius 1 is 1.25 bits per heavy atom. The first-order valence-corrected chi connectivity index (χ1v) is 7.23. The number of carbonyl (C=O) groups is 2. The molecule has 0 spiro atoms. The highest BCUT2D eigenvalue weighted by atomic mass is 16.6. The molecule has 0 aromatic rings. The topological polar surface area (TPSA) is 70.1 Å². The smallest absolute Gasteiger partial charge is 0.410 e. The molecule has 20 heavy (non-hydrogen) atoms. The van der Waals surface area contributed by atoms with Crippen molar-refractivity contribution in [3.8, 4) is 0 Å². The van der Waals surface area contributed by atoms with Gasteiger partial charge in [-0.2, -0.15) is 0 Å². The van der Waals surface area contributed by atoms with Crippen molar-refractivity contribution in [3.05, 3.63) is 0 Å². The second-order valence-corrected chi connectivity index (χ2v) is 6.65. The van der Waals surface area contributed by atoms with Crippen LogP contribution in [0.15, 0.2) is 0 Å². The summed E-state index contributed by atoms with van der Waals surface area (Å²) in [5.74, 6) is -0.777. The van der Waals surface area contributed by atoms with E-state index in [1.807, 2.05) is 25.7 Å². The van der Waals surface area contributed by atoms with Crippen LogP contribution >= 0.6 is 0 Å². The third kappa shape index (κ3) is 3.42. The van der Waals surface area contributed by atoms with Crippen molar-refractivity contribution in [1.29, 1.82) is 0 Å². The molecule has 2 aliphatic heterocycles. The van der Waals surface area contributed by atoms with Crippen molar-refractivity contribution in [2.45, 2.75) is 45.3 Å². The second kappa shape index (κ2) is 5.60. The maximum atomic E-state index is 12.0. The molecule has 0 aliphatic carbocycles. The van der Waals surface area contributed by atoms with Crippen molar-refractivity contribution < 1.29 is 19.4 Å². The number of aliphatic carboxylic acids is 1. The highest BCUT2D eigenvalue weighted by Crippen LogP contribution is 2.27. The lowest BCUT2D eigenvalue weighted by molar-refractivity contribution is -0.147. The monoisotopic (exact) mass is 284 g/mol. The molecular weight excluding hydrogens is 260 g/mol. The van der Waals surface area contributed by atoms with Crippen LogP contribution in [0, 0.1) is 5.92 Å². The minimum absolute atomic E-state index is 0.000295. The van der Waals surface area contributed by atoms with Gasteiger partial charge in [0.25, 0.3) is 0 Å². The first-order chi connectivity index (χ1) is 9.28. The Bertz CT molecular complexity index is 387. The van der Waals surface area contributed by atoms with E-state index in [-0.39, 0.29) is 12.0 Å². The SMILES string of the molecule is CC(C)(C)OC(=O)N1CCC(C(C(=O)O)N2CCC2)C1. The summed E-state index contributed by atoms with van der Waals surface area (Å²) in [7, 11) is 0. The molecule has 0 saturated carbocycles. The molecule has 2 unspecified atom stereocenters. The molecule has 0 radical (unpaired) electrons. The zero-order valence-corrected chi connectivity index (χ0v) is 12.5. The zero-order chi connectivity index (χ0) is 14.9. The number of ether oxygens (including phenoxy) is 1. The van der Waals surface area contributed by atoms with Crippen LogP contribution in [0.25, 0.3) is 0 Å². The summed E-state index contributed by atoms with van der Waals surface area (Å²) in [4.78, 5) is 27.1. The summed E-state index contributed by atoms with van der Waals surface area (Å²) < 4.78 is 5.34. The van der Waals surface area contributed by atoms with Gasteiger partial charge in [-0.15, -0.1) is 0 Å². The molecular formula is C14H24N2O4. The van der Waals surface area contributed by atoms with Gasteiger partial charge in [-0.1, -0.05) is 0 Å². The van der Waals surface area contributed by atoms with Crippen LogP contribution in [0.5, 0.6) is 0 Å². The number of carbonyl (C=O) groups excluding carboxylic acids is 1. The predicted molar refractivity (Wildman–Crippen MR) is 73.5 cm³/mol. The Morgan fingerprint density at radius 3 is 2.35 bits per heavy atom. The van der Waals surface area contributed by atoms with Crippen molar-refractivity contribution >= 4 is 12.1 Å². The lowest BCUT2D eigenvalue weighted by atomic mass is 9.95. The van der Waals surface area contributed by atoms with Gasteiger partial charge in [-0.05, 0) is 33.6 Å². The molecule has 2 aliphatic rings. The fourth-order valence-corrected chi connectivity index (χ4v) is 2.81. The standard InChI is InChI=1S/C14H24N2O4/c1-14(2,3)20-13(19)16-8-5-10(9-16)11(12(17)18)15-6-4-7-15/h10-11H,4-9H2,1-3H3,(H,17,18). The molecule has 1 amide bonds. The van der Waals surface area contributed by atoms with Crippen LogP contribution in [-0.4, -0.2) is 64.8 Å². The zero-order valence-electron chi connectivity index (χ0n) is 12.5. The average Bonchev–Trinajstić information content (AvgIpc) is 2.68. The van der Waals surface area contributed by atoms with Gasteiger partial charge in [0.2, 0.25) is 0 Å². The lowest BCUT2D eigenvalue weighted by Gasteiger charge is -2.38. The Morgan fingerprint density at radius 2 is 1.90 bits per heavy atom. The number of amides is 1. The Labute approximate surface area is 119 Å². The van der Waals surface area contributed by atoms with E-state index in [2.05, 4.69) is 0 Å². The van der Waals surface area contributed by atoms with Gasteiger partial charge in [-0.3, -0.25) is 9.69 Å². The second-order valence-electron chi connectivity index (χ2n) is 6.65. The number of hydrogen-bond donors (Lipinski definition) is 1. The molecule has 2 atom stereocenters. The quantitative estimate of drug-likeness (QED) is 0.848. The number of rotatable bonds is 3. The summed E-state index contributed by atoms with van der Waals surface area (Å²) in [6.45, 7) is 8.25. The highest BCUT2D eigenvalue weighted by Gasteiger charge is 2.41. The van der Waals surface area contributed by atoms with E-state index >= 15 is 0 Å². The molecule has 2 fully saturated rings. The normalized spacial score (nSPS) is 25.1. The largest absolute Gasteiger partial charge is 0.480 e. The predicted octanol–water partition coefficient (Wildman–Crippen LogP) is 1.40. The van der Waals surface area contributed by atoms with E-state index in [0.717, 1.165) is 25.9 Å². The maximum Gasteiger partial charge on any atom is 0.410 e. The third-order valence-electron chi connectivity index (χ3n) is 3.86. The molecule has 2 saturated heterocycles. The van der Waals surface area contributed by atoms with E-state index in [1.54, 1.807) is 4.90 Å². The van der Waals surface area contributed by atoms with Gasteiger partial charge in [0.15, 0.2) is 0 Å². The maximum absolute atomic E-state index is 12.0. The molecule has 114 valence electrons. The average molecular weight is 284 g/mol. The van der Waals surface area contributed by atoms with Gasteiger partial charge in [0.1, 0.15) is 11.6 Å². The third-order valence-corrected chi connectivity index (χ3v) is 3.86. The van der Waals surface area contributed by atoms with Crippen LogP contribution in [0.4, 0.5) is 4.79 Å². The van der Waals surface area contributed by atoms with Gasteiger partial charge >= 0.3 is 12.1 Å². The van der Waals surface area contributed by atoms with Gasteiger partial charge < -0.3 is 14.7 Å². The number of carboxylic acid groups (broad SMARTS) is 1. The van der Waals surface area contributed by atoms with E-state index in [4.69, 9.17) is 4.74 Å².